The fraction of sp³-hybridized carbons (Fsp3) is 0.462. The maximum absolute atomic E-state index is 11.6. The van der Waals surface area contributed by atoms with Crippen molar-refractivity contribution in [1.82, 2.24) is 0 Å². The Morgan fingerprint density at radius 1 is 1.30 bits per heavy atom. The molecule has 7 heteroatoms. The van der Waals surface area contributed by atoms with Crippen molar-refractivity contribution in [3.8, 4) is 5.75 Å². The highest BCUT2D eigenvalue weighted by Gasteiger charge is 2.20. The van der Waals surface area contributed by atoms with Crippen molar-refractivity contribution in [3.63, 3.8) is 0 Å². The monoisotopic (exact) mass is 320 g/mol. The molecular formula is C13H17ClO5S. The molecule has 1 aromatic carbocycles. The molecule has 20 heavy (non-hydrogen) atoms. The van der Waals surface area contributed by atoms with Crippen LogP contribution in [0.2, 0.25) is 0 Å². The van der Waals surface area contributed by atoms with Crippen LogP contribution in [0, 0.1) is 0 Å². The predicted molar refractivity (Wildman–Crippen MR) is 75.8 cm³/mol. The number of hydrogen-bond donors (Lipinski definition) is 0. The van der Waals surface area contributed by atoms with Crippen molar-refractivity contribution in [3.05, 3.63) is 23.8 Å². The summed E-state index contributed by atoms with van der Waals surface area (Å²) >= 11 is 0. The molecule has 0 spiro atoms. The Kier molecular flexibility index (Phi) is 6.29. The van der Waals surface area contributed by atoms with Crippen LogP contribution in [-0.2, 0) is 13.8 Å². The third-order valence-corrected chi connectivity index (χ3v) is 3.82. The van der Waals surface area contributed by atoms with Gasteiger partial charge in [-0.2, -0.15) is 0 Å². The van der Waals surface area contributed by atoms with Gasteiger partial charge in [0.05, 0.1) is 18.8 Å². The number of esters is 1. The van der Waals surface area contributed by atoms with E-state index < -0.39 is 15.0 Å². The highest BCUT2D eigenvalue weighted by molar-refractivity contribution is 8.13. The molecule has 0 aliphatic carbocycles. The van der Waals surface area contributed by atoms with Crippen LogP contribution in [0.15, 0.2) is 23.1 Å². The normalized spacial score (nSPS) is 11.2. The second-order valence-corrected chi connectivity index (χ2v) is 6.56. The number of hydrogen-bond acceptors (Lipinski definition) is 5. The van der Waals surface area contributed by atoms with Gasteiger partial charge >= 0.3 is 5.97 Å². The first-order valence-corrected chi connectivity index (χ1v) is 8.59. The van der Waals surface area contributed by atoms with Crippen molar-refractivity contribution >= 4 is 25.7 Å². The molecule has 1 aromatic rings. The van der Waals surface area contributed by atoms with Gasteiger partial charge in [0.25, 0.3) is 9.05 Å². The highest BCUT2D eigenvalue weighted by Crippen LogP contribution is 2.28. The molecule has 0 saturated heterocycles. The quantitative estimate of drug-likeness (QED) is 0.439. The van der Waals surface area contributed by atoms with Crippen LogP contribution in [0.4, 0.5) is 0 Å². The first-order valence-electron chi connectivity index (χ1n) is 6.28. The van der Waals surface area contributed by atoms with E-state index >= 15 is 0 Å². The van der Waals surface area contributed by atoms with Crippen LogP contribution >= 0.6 is 10.7 Å². The molecule has 0 atom stereocenters. The summed E-state index contributed by atoms with van der Waals surface area (Å²) in [5, 5.41) is 0. The summed E-state index contributed by atoms with van der Waals surface area (Å²) in [6.07, 6.45) is 1.71. The van der Waals surface area contributed by atoms with E-state index in [1.165, 1.54) is 18.2 Å². The highest BCUT2D eigenvalue weighted by atomic mass is 35.7. The molecule has 0 saturated carbocycles. The number of ether oxygens (including phenoxy) is 2. The zero-order chi connectivity index (χ0) is 15.2. The van der Waals surface area contributed by atoms with Crippen LogP contribution in [0.3, 0.4) is 0 Å². The summed E-state index contributed by atoms with van der Waals surface area (Å²) < 4.78 is 33.3. The fourth-order valence-corrected chi connectivity index (χ4v) is 2.48. The average Bonchev–Trinajstić information content (AvgIpc) is 2.38. The molecule has 0 heterocycles. The van der Waals surface area contributed by atoms with E-state index in [1.807, 2.05) is 6.92 Å². The largest absolute Gasteiger partial charge is 0.492 e. The lowest BCUT2D eigenvalue weighted by atomic mass is 10.2. The number of rotatable bonds is 7. The van der Waals surface area contributed by atoms with E-state index in [4.69, 9.17) is 20.2 Å². The zero-order valence-corrected chi connectivity index (χ0v) is 13.0. The number of halogens is 1. The number of benzene rings is 1. The average molecular weight is 321 g/mol. The van der Waals surface area contributed by atoms with Crippen molar-refractivity contribution < 1.29 is 22.7 Å². The van der Waals surface area contributed by atoms with Crippen molar-refractivity contribution in [2.24, 2.45) is 0 Å². The second-order valence-electron chi connectivity index (χ2n) is 4.02. The topological polar surface area (TPSA) is 69.7 Å². The maximum atomic E-state index is 11.6. The molecule has 0 bridgehead atoms. The lowest BCUT2D eigenvalue weighted by Gasteiger charge is -2.10. The molecule has 0 fully saturated rings. The Morgan fingerprint density at radius 3 is 2.55 bits per heavy atom. The van der Waals surface area contributed by atoms with Crippen molar-refractivity contribution in [2.75, 3.05) is 13.2 Å². The lowest BCUT2D eigenvalue weighted by molar-refractivity contribution is 0.0526. The predicted octanol–water partition coefficient (Wildman–Crippen LogP) is 2.97. The minimum Gasteiger partial charge on any atom is -0.492 e. The van der Waals surface area contributed by atoms with Crippen LogP contribution < -0.4 is 4.74 Å². The smallest absolute Gasteiger partial charge is 0.338 e. The Balaban J connectivity index is 3.11. The molecule has 0 amide bonds. The zero-order valence-electron chi connectivity index (χ0n) is 11.4. The Hall–Kier alpha value is -1.27. The van der Waals surface area contributed by atoms with E-state index in [9.17, 15) is 13.2 Å². The van der Waals surface area contributed by atoms with Gasteiger partial charge < -0.3 is 9.47 Å². The molecule has 112 valence electrons. The fourth-order valence-electron chi connectivity index (χ4n) is 1.49. The SMILES string of the molecule is CCCCOc1ccc(C(=O)OCC)cc1S(=O)(=O)Cl. The minimum absolute atomic E-state index is 0.119. The number of unbranched alkanes of at least 4 members (excludes halogenated alkanes) is 1. The third-order valence-electron chi connectivity index (χ3n) is 2.47. The van der Waals surface area contributed by atoms with Crippen LogP contribution in [0.25, 0.3) is 0 Å². The summed E-state index contributed by atoms with van der Waals surface area (Å²) in [7, 11) is 1.37. The Morgan fingerprint density at radius 2 is 2.00 bits per heavy atom. The summed E-state index contributed by atoms with van der Waals surface area (Å²) in [5.41, 5.74) is 0.119. The molecule has 0 aromatic heterocycles. The molecule has 0 radical (unpaired) electrons. The van der Waals surface area contributed by atoms with Crippen LogP contribution in [0.5, 0.6) is 5.75 Å². The molecule has 5 nitrogen and oxygen atoms in total. The molecule has 1 rings (SSSR count). The Labute approximate surface area is 123 Å². The first-order chi connectivity index (χ1) is 9.40. The van der Waals surface area contributed by atoms with Crippen LogP contribution in [-0.4, -0.2) is 27.6 Å². The van der Waals surface area contributed by atoms with E-state index in [2.05, 4.69) is 0 Å². The van der Waals surface area contributed by atoms with Gasteiger partial charge in [0, 0.05) is 10.7 Å². The maximum Gasteiger partial charge on any atom is 0.338 e. The number of carbonyl (C=O) groups is 1. The summed E-state index contributed by atoms with van der Waals surface area (Å²) in [5.74, 6) is -0.462. The summed E-state index contributed by atoms with van der Waals surface area (Å²) in [4.78, 5) is 11.4. The molecule has 0 aliphatic rings. The van der Waals surface area contributed by atoms with Gasteiger partial charge in [0.2, 0.25) is 0 Å². The number of carbonyl (C=O) groups excluding carboxylic acids is 1. The van der Waals surface area contributed by atoms with Gasteiger partial charge in [-0.3, -0.25) is 0 Å². The molecule has 0 unspecified atom stereocenters. The minimum atomic E-state index is -4.00. The third kappa shape index (κ3) is 4.68. The lowest BCUT2D eigenvalue weighted by Crippen LogP contribution is -2.07. The van der Waals surface area contributed by atoms with Gasteiger partial charge in [-0.25, -0.2) is 13.2 Å². The van der Waals surface area contributed by atoms with Crippen molar-refractivity contribution in [2.45, 2.75) is 31.6 Å². The molecule has 0 N–H and O–H groups in total. The van der Waals surface area contributed by atoms with Gasteiger partial charge in [-0.1, -0.05) is 13.3 Å². The van der Waals surface area contributed by atoms with Gasteiger partial charge in [-0.05, 0) is 31.5 Å². The van der Waals surface area contributed by atoms with E-state index in [-0.39, 0.29) is 22.8 Å². The van der Waals surface area contributed by atoms with Gasteiger partial charge in [-0.15, -0.1) is 0 Å². The second kappa shape index (κ2) is 7.50. The van der Waals surface area contributed by atoms with Crippen LogP contribution in [0.1, 0.15) is 37.0 Å². The van der Waals surface area contributed by atoms with E-state index in [1.54, 1.807) is 6.92 Å². The Bertz CT molecular complexity index is 568. The first kappa shape index (κ1) is 16.8. The van der Waals surface area contributed by atoms with Gasteiger partial charge in [0.1, 0.15) is 10.6 Å². The van der Waals surface area contributed by atoms with Crippen molar-refractivity contribution in [1.29, 1.82) is 0 Å². The molecular weight excluding hydrogens is 304 g/mol. The van der Waals surface area contributed by atoms with E-state index in [0.717, 1.165) is 12.8 Å². The summed E-state index contributed by atoms with van der Waals surface area (Å²) in [6, 6.07) is 4.03. The van der Waals surface area contributed by atoms with Gasteiger partial charge in [0.15, 0.2) is 0 Å². The molecule has 0 aliphatic heterocycles. The standard InChI is InChI=1S/C13H17ClO5S/c1-3-5-8-19-11-7-6-10(13(15)18-4-2)9-12(11)20(14,16)17/h6-7,9H,3-5,8H2,1-2H3. The van der Waals surface area contributed by atoms with E-state index in [0.29, 0.717) is 6.61 Å². The summed E-state index contributed by atoms with van der Waals surface area (Å²) in [6.45, 7) is 4.25.